The average molecular weight is 401 g/mol. The van der Waals surface area contributed by atoms with E-state index in [1.54, 1.807) is 6.66 Å². The molecule has 1 aromatic rings. The maximum absolute atomic E-state index is 13.4. The van der Waals surface area contributed by atoms with E-state index in [0.29, 0.717) is 32.7 Å². The normalized spacial score (nSPS) is 18.8. The van der Waals surface area contributed by atoms with Gasteiger partial charge in [0.15, 0.2) is 6.34 Å². The molecule has 1 heterocycles. The number of hydrogen-bond acceptors (Lipinski definition) is 6. The van der Waals surface area contributed by atoms with Crippen LogP contribution in [0.3, 0.4) is 0 Å². The summed E-state index contributed by atoms with van der Waals surface area (Å²) in [6.07, 6.45) is 0.489. The number of carbonyl (C=O) groups excluding carboxylic acids is 1. The number of aliphatic hydroxyl groups excluding tert-OH is 1. The van der Waals surface area contributed by atoms with Gasteiger partial charge in [-0.15, -0.1) is 0 Å². The van der Waals surface area contributed by atoms with Gasteiger partial charge in [-0.1, -0.05) is 11.4 Å². The van der Waals surface area contributed by atoms with E-state index in [1.165, 1.54) is 11.4 Å². The fourth-order valence-electron chi connectivity index (χ4n) is 3.03. The Morgan fingerprint density at radius 1 is 1.27 bits per heavy atom. The molecule has 0 radical (unpaired) electrons. The Hall–Kier alpha value is -1.01. The molecule has 1 atom stereocenters. The molecule has 1 fully saturated rings. The number of unbranched alkanes of at least 4 members (excludes halogenated alkanes) is 2. The summed E-state index contributed by atoms with van der Waals surface area (Å²) in [6, 6.07) is 7.40. The van der Waals surface area contributed by atoms with Gasteiger partial charge < -0.3 is 24.9 Å². The first kappa shape index (κ1) is 21.3. The standard InChI is InChI=1S/C18H28NO5PS/c1-25(22,18(17(19)21)9-13-23-14-10-18)26-16-7-5-15(6-8-16)24-12-4-2-3-11-20/h5-8,20H,2-4,9-14H2,1H3,(H2,19,21). The zero-order chi connectivity index (χ0) is 19.0. The molecular formula is C18H28NO5PS. The van der Waals surface area contributed by atoms with Crippen LogP contribution in [0, 0.1) is 0 Å². The number of benzene rings is 1. The van der Waals surface area contributed by atoms with Crippen LogP contribution in [0.5, 0.6) is 5.75 Å². The highest BCUT2D eigenvalue weighted by molar-refractivity contribution is 8.58. The Morgan fingerprint density at radius 3 is 2.50 bits per heavy atom. The third-order valence-electron chi connectivity index (χ3n) is 4.73. The summed E-state index contributed by atoms with van der Waals surface area (Å²) in [4.78, 5) is 12.9. The van der Waals surface area contributed by atoms with Crippen LogP contribution in [0.1, 0.15) is 32.1 Å². The molecule has 1 unspecified atom stereocenters. The summed E-state index contributed by atoms with van der Waals surface area (Å²) >= 11 is 1.24. The van der Waals surface area contributed by atoms with Gasteiger partial charge in [-0.25, -0.2) is 0 Å². The molecule has 1 aliphatic rings. The van der Waals surface area contributed by atoms with E-state index in [1.807, 2.05) is 24.3 Å². The lowest BCUT2D eigenvalue weighted by atomic mass is 9.98. The Morgan fingerprint density at radius 2 is 1.92 bits per heavy atom. The first-order valence-corrected chi connectivity index (χ1v) is 12.5. The van der Waals surface area contributed by atoms with Crippen LogP contribution in [0.2, 0.25) is 0 Å². The molecule has 8 heteroatoms. The van der Waals surface area contributed by atoms with Gasteiger partial charge in [0, 0.05) is 24.7 Å². The van der Waals surface area contributed by atoms with Crippen molar-refractivity contribution in [3.05, 3.63) is 24.3 Å². The summed E-state index contributed by atoms with van der Waals surface area (Å²) in [7, 11) is 0. The minimum absolute atomic E-state index is 0.210. The summed E-state index contributed by atoms with van der Waals surface area (Å²) in [5.74, 6) is 0.252. The smallest absolute Gasteiger partial charge is 0.232 e. The van der Waals surface area contributed by atoms with E-state index < -0.39 is 17.4 Å². The van der Waals surface area contributed by atoms with Gasteiger partial charge in [0.1, 0.15) is 10.9 Å². The van der Waals surface area contributed by atoms with Crippen LogP contribution in [-0.2, 0) is 14.1 Å². The predicted octanol–water partition coefficient (Wildman–Crippen LogP) is 3.26. The zero-order valence-corrected chi connectivity index (χ0v) is 16.9. The van der Waals surface area contributed by atoms with Gasteiger partial charge in [0.2, 0.25) is 5.91 Å². The van der Waals surface area contributed by atoms with Crippen LogP contribution in [-0.4, -0.2) is 49.3 Å². The highest BCUT2D eigenvalue weighted by Gasteiger charge is 2.51. The van der Waals surface area contributed by atoms with Gasteiger partial charge in [-0.05, 0) is 63.0 Å². The molecular weight excluding hydrogens is 373 g/mol. The molecule has 0 spiro atoms. The van der Waals surface area contributed by atoms with Crippen molar-refractivity contribution >= 4 is 23.6 Å². The van der Waals surface area contributed by atoms with E-state index in [2.05, 4.69) is 0 Å². The minimum Gasteiger partial charge on any atom is -0.494 e. The number of rotatable bonds is 10. The lowest BCUT2D eigenvalue weighted by Gasteiger charge is -2.38. The van der Waals surface area contributed by atoms with Crippen LogP contribution in [0.15, 0.2) is 29.2 Å². The highest BCUT2D eigenvalue weighted by atomic mass is 32.7. The van der Waals surface area contributed by atoms with Crippen LogP contribution in [0.25, 0.3) is 0 Å². The number of hydrogen-bond donors (Lipinski definition) is 2. The first-order valence-electron chi connectivity index (χ1n) is 8.90. The quantitative estimate of drug-likeness (QED) is 0.461. The number of primary amides is 1. The molecule has 26 heavy (non-hydrogen) atoms. The molecule has 6 nitrogen and oxygen atoms in total. The molecule has 0 aliphatic carbocycles. The first-order chi connectivity index (χ1) is 12.4. The van der Waals surface area contributed by atoms with Gasteiger partial charge in [-0.2, -0.15) is 0 Å². The molecule has 1 aliphatic heterocycles. The second kappa shape index (κ2) is 9.79. The molecule has 0 aromatic heterocycles. The van der Waals surface area contributed by atoms with Crippen molar-refractivity contribution in [2.24, 2.45) is 5.73 Å². The minimum atomic E-state index is -2.93. The number of ether oxygens (including phenoxy) is 2. The van der Waals surface area contributed by atoms with Crippen molar-refractivity contribution in [1.29, 1.82) is 0 Å². The van der Waals surface area contributed by atoms with Gasteiger partial charge >= 0.3 is 0 Å². The van der Waals surface area contributed by atoms with Gasteiger partial charge in [-0.3, -0.25) is 4.79 Å². The highest BCUT2D eigenvalue weighted by Crippen LogP contribution is 2.70. The third kappa shape index (κ3) is 5.26. The van der Waals surface area contributed by atoms with Crippen molar-refractivity contribution in [3.63, 3.8) is 0 Å². The van der Waals surface area contributed by atoms with Gasteiger partial charge in [0.05, 0.1) is 6.61 Å². The van der Waals surface area contributed by atoms with Crippen LogP contribution >= 0.6 is 17.7 Å². The van der Waals surface area contributed by atoms with Crippen molar-refractivity contribution in [2.75, 3.05) is 33.1 Å². The lowest BCUT2D eigenvalue weighted by Crippen LogP contribution is -2.47. The van der Waals surface area contributed by atoms with E-state index in [4.69, 9.17) is 20.3 Å². The Bertz CT molecular complexity index is 631. The predicted molar refractivity (Wildman–Crippen MR) is 104 cm³/mol. The van der Waals surface area contributed by atoms with Gasteiger partial charge in [0.25, 0.3) is 0 Å². The number of amides is 1. The largest absolute Gasteiger partial charge is 0.494 e. The fraction of sp³-hybridized carbons (Fsp3) is 0.611. The molecule has 1 aromatic carbocycles. The molecule has 2 rings (SSSR count). The number of aliphatic hydroxyl groups is 1. The molecule has 146 valence electrons. The van der Waals surface area contributed by atoms with Crippen molar-refractivity contribution < 1.29 is 23.9 Å². The zero-order valence-electron chi connectivity index (χ0n) is 15.2. The summed E-state index contributed by atoms with van der Waals surface area (Å²) in [6.45, 7) is 3.28. The Kier molecular flexibility index (Phi) is 8.02. The maximum atomic E-state index is 13.4. The third-order valence-corrected chi connectivity index (χ3v) is 10.5. The number of nitrogens with two attached hydrogens (primary N) is 1. The number of carbonyl (C=O) groups is 1. The lowest BCUT2D eigenvalue weighted by molar-refractivity contribution is -0.122. The van der Waals surface area contributed by atoms with E-state index >= 15 is 0 Å². The van der Waals surface area contributed by atoms with Crippen molar-refractivity contribution in [2.45, 2.75) is 42.2 Å². The van der Waals surface area contributed by atoms with E-state index in [-0.39, 0.29) is 6.61 Å². The molecule has 1 saturated heterocycles. The molecule has 1 amide bonds. The van der Waals surface area contributed by atoms with Crippen molar-refractivity contribution in [3.8, 4) is 5.75 Å². The second-order valence-corrected chi connectivity index (χ2v) is 12.4. The Labute approximate surface area is 158 Å². The molecule has 3 N–H and O–H groups in total. The van der Waals surface area contributed by atoms with Crippen LogP contribution < -0.4 is 10.5 Å². The van der Waals surface area contributed by atoms with Crippen molar-refractivity contribution in [1.82, 2.24) is 0 Å². The summed E-state index contributed by atoms with van der Waals surface area (Å²) < 4.78 is 24.4. The van der Waals surface area contributed by atoms with Crippen LogP contribution in [0.4, 0.5) is 0 Å². The average Bonchev–Trinajstić information content (AvgIpc) is 2.63. The summed E-state index contributed by atoms with van der Waals surface area (Å²) in [5.41, 5.74) is 5.64. The van der Waals surface area contributed by atoms with E-state index in [0.717, 1.165) is 29.9 Å². The fourth-order valence-corrected chi connectivity index (χ4v) is 8.17. The SMILES string of the molecule is CP(=O)(Sc1ccc(OCCCCCO)cc1)C1(C(N)=O)CCOCC1. The Balaban J connectivity index is 1.98. The monoisotopic (exact) mass is 401 g/mol. The molecule has 0 bridgehead atoms. The van der Waals surface area contributed by atoms with E-state index in [9.17, 15) is 9.36 Å². The summed E-state index contributed by atoms with van der Waals surface area (Å²) in [5, 5.41) is 7.75. The topological polar surface area (TPSA) is 98.9 Å². The second-order valence-electron chi connectivity index (χ2n) is 6.55. The molecule has 0 saturated carbocycles. The maximum Gasteiger partial charge on any atom is 0.232 e.